The SMILES string of the molecule is O=C(O)N(OCc1ccccc1)c1ccccc1. The number of rotatable bonds is 4. The van der Waals surface area contributed by atoms with Gasteiger partial charge in [0, 0.05) is 0 Å². The van der Waals surface area contributed by atoms with Gasteiger partial charge in [0.25, 0.3) is 0 Å². The highest BCUT2D eigenvalue weighted by atomic mass is 16.7. The summed E-state index contributed by atoms with van der Waals surface area (Å²) in [6, 6.07) is 18.1. The van der Waals surface area contributed by atoms with Crippen LogP contribution >= 0.6 is 0 Å². The number of nitrogens with zero attached hydrogens (tertiary/aromatic N) is 1. The highest BCUT2D eigenvalue weighted by Crippen LogP contribution is 2.15. The second-order valence-electron chi connectivity index (χ2n) is 3.67. The molecule has 4 heteroatoms. The van der Waals surface area contributed by atoms with Crippen LogP contribution in [0.25, 0.3) is 0 Å². The monoisotopic (exact) mass is 243 g/mol. The van der Waals surface area contributed by atoms with Crippen molar-refractivity contribution in [2.75, 3.05) is 5.06 Å². The molecule has 0 aliphatic heterocycles. The molecule has 0 fully saturated rings. The van der Waals surface area contributed by atoms with E-state index in [1.54, 1.807) is 24.3 Å². The molecule has 0 saturated heterocycles. The van der Waals surface area contributed by atoms with Crippen LogP contribution in [0.1, 0.15) is 5.56 Å². The maximum Gasteiger partial charge on any atom is 0.436 e. The summed E-state index contributed by atoms with van der Waals surface area (Å²) in [5.41, 5.74) is 1.40. The van der Waals surface area contributed by atoms with Crippen LogP contribution in [0, 0.1) is 0 Å². The molecule has 0 heterocycles. The van der Waals surface area contributed by atoms with Crippen LogP contribution in [0.2, 0.25) is 0 Å². The van der Waals surface area contributed by atoms with Crippen molar-refractivity contribution in [1.82, 2.24) is 0 Å². The van der Waals surface area contributed by atoms with Gasteiger partial charge in [-0.3, -0.25) is 4.84 Å². The van der Waals surface area contributed by atoms with Crippen molar-refractivity contribution >= 4 is 11.8 Å². The summed E-state index contributed by atoms with van der Waals surface area (Å²) < 4.78 is 0. The number of para-hydroxylation sites is 1. The van der Waals surface area contributed by atoms with E-state index < -0.39 is 6.09 Å². The maximum atomic E-state index is 11.1. The van der Waals surface area contributed by atoms with E-state index >= 15 is 0 Å². The second-order valence-corrected chi connectivity index (χ2v) is 3.67. The smallest absolute Gasteiger partial charge is 0.436 e. The first-order valence-corrected chi connectivity index (χ1v) is 5.52. The molecular formula is C14H13NO3. The number of hydrogen-bond donors (Lipinski definition) is 1. The summed E-state index contributed by atoms with van der Waals surface area (Å²) in [5.74, 6) is 0. The average Bonchev–Trinajstić information content (AvgIpc) is 2.41. The maximum absolute atomic E-state index is 11.1. The molecule has 2 rings (SSSR count). The number of carboxylic acid groups (broad SMARTS) is 1. The van der Waals surface area contributed by atoms with Gasteiger partial charge < -0.3 is 5.11 Å². The third-order valence-electron chi connectivity index (χ3n) is 2.37. The summed E-state index contributed by atoms with van der Waals surface area (Å²) in [6.07, 6.45) is -1.14. The first-order chi connectivity index (χ1) is 8.77. The molecule has 0 aliphatic carbocycles. The van der Waals surface area contributed by atoms with Gasteiger partial charge in [0.15, 0.2) is 0 Å². The first-order valence-electron chi connectivity index (χ1n) is 5.52. The third kappa shape index (κ3) is 3.09. The van der Waals surface area contributed by atoms with Crippen LogP contribution in [-0.4, -0.2) is 11.2 Å². The van der Waals surface area contributed by atoms with Crippen LogP contribution < -0.4 is 5.06 Å². The fraction of sp³-hybridized carbons (Fsp3) is 0.0714. The molecule has 2 aromatic carbocycles. The van der Waals surface area contributed by atoms with E-state index in [0.717, 1.165) is 10.6 Å². The van der Waals surface area contributed by atoms with Gasteiger partial charge in [-0.1, -0.05) is 48.5 Å². The summed E-state index contributed by atoms with van der Waals surface area (Å²) in [6.45, 7) is 0.210. The number of anilines is 1. The first kappa shape index (κ1) is 12.1. The van der Waals surface area contributed by atoms with Gasteiger partial charge in [0.2, 0.25) is 0 Å². The van der Waals surface area contributed by atoms with Gasteiger partial charge >= 0.3 is 6.09 Å². The van der Waals surface area contributed by atoms with E-state index in [-0.39, 0.29) is 6.61 Å². The Labute approximate surface area is 105 Å². The number of hydroxylamine groups is 1. The molecular weight excluding hydrogens is 230 g/mol. The van der Waals surface area contributed by atoms with E-state index in [4.69, 9.17) is 9.94 Å². The van der Waals surface area contributed by atoms with Crippen LogP contribution in [0.5, 0.6) is 0 Å². The molecule has 0 atom stereocenters. The van der Waals surface area contributed by atoms with Crippen LogP contribution in [-0.2, 0) is 11.4 Å². The predicted octanol–water partition coefficient (Wildman–Crippen LogP) is 3.30. The van der Waals surface area contributed by atoms with Crippen LogP contribution in [0.4, 0.5) is 10.5 Å². The van der Waals surface area contributed by atoms with E-state index in [0.29, 0.717) is 5.69 Å². The lowest BCUT2D eigenvalue weighted by atomic mass is 10.2. The van der Waals surface area contributed by atoms with E-state index in [1.807, 2.05) is 36.4 Å². The highest BCUT2D eigenvalue weighted by molar-refractivity contribution is 5.83. The minimum Gasteiger partial charge on any atom is -0.463 e. The topological polar surface area (TPSA) is 49.8 Å². The van der Waals surface area contributed by atoms with Gasteiger partial charge in [-0.2, -0.15) is 5.06 Å². The van der Waals surface area contributed by atoms with Crippen LogP contribution in [0.3, 0.4) is 0 Å². The number of amides is 1. The van der Waals surface area contributed by atoms with Crippen molar-refractivity contribution in [3.05, 3.63) is 66.2 Å². The van der Waals surface area contributed by atoms with Crippen LogP contribution in [0.15, 0.2) is 60.7 Å². The Balaban J connectivity index is 2.06. The minimum absolute atomic E-state index is 0.210. The Morgan fingerprint density at radius 3 is 2.11 bits per heavy atom. The summed E-state index contributed by atoms with van der Waals surface area (Å²) >= 11 is 0. The van der Waals surface area contributed by atoms with E-state index in [9.17, 15) is 4.79 Å². The van der Waals surface area contributed by atoms with Gasteiger partial charge in [0.05, 0.1) is 5.69 Å². The van der Waals surface area contributed by atoms with E-state index in [1.165, 1.54) is 0 Å². The zero-order chi connectivity index (χ0) is 12.8. The summed E-state index contributed by atoms with van der Waals surface area (Å²) in [7, 11) is 0. The van der Waals surface area contributed by atoms with Crippen molar-refractivity contribution in [2.24, 2.45) is 0 Å². The zero-order valence-corrected chi connectivity index (χ0v) is 9.69. The van der Waals surface area contributed by atoms with Crippen molar-refractivity contribution in [1.29, 1.82) is 0 Å². The molecule has 0 aliphatic rings. The minimum atomic E-state index is -1.14. The third-order valence-corrected chi connectivity index (χ3v) is 2.37. The molecule has 0 saturated carbocycles. The molecule has 1 N–H and O–H groups in total. The molecule has 2 aromatic rings. The van der Waals surface area contributed by atoms with Gasteiger partial charge in [-0.15, -0.1) is 0 Å². The van der Waals surface area contributed by atoms with Crippen molar-refractivity contribution in [3.63, 3.8) is 0 Å². The number of carbonyl (C=O) groups is 1. The second kappa shape index (κ2) is 5.84. The lowest BCUT2D eigenvalue weighted by molar-refractivity contribution is 0.0850. The largest absolute Gasteiger partial charge is 0.463 e. The molecule has 0 aromatic heterocycles. The molecule has 0 radical (unpaired) electrons. The van der Waals surface area contributed by atoms with Gasteiger partial charge in [0.1, 0.15) is 6.61 Å². The Bertz CT molecular complexity index is 499. The Morgan fingerprint density at radius 2 is 1.56 bits per heavy atom. The van der Waals surface area contributed by atoms with Crippen molar-refractivity contribution in [2.45, 2.75) is 6.61 Å². The molecule has 18 heavy (non-hydrogen) atoms. The van der Waals surface area contributed by atoms with E-state index in [2.05, 4.69) is 0 Å². The Morgan fingerprint density at radius 1 is 1.00 bits per heavy atom. The fourth-order valence-corrected chi connectivity index (χ4v) is 1.52. The molecule has 1 amide bonds. The predicted molar refractivity (Wildman–Crippen MR) is 68.2 cm³/mol. The van der Waals surface area contributed by atoms with Crippen molar-refractivity contribution < 1.29 is 14.7 Å². The molecule has 0 spiro atoms. The van der Waals surface area contributed by atoms with Gasteiger partial charge in [-0.25, -0.2) is 4.79 Å². The molecule has 92 valence electrons. The quantitative estimate of drug-likeness (QED) is 0.838. The Hall–Kier alpha value is -2.33. The normalized spacial score (nSPS) is 10.0. The highest BCUT2D eigenvalue weighted by Gasteiger charge is 2.14. The number of benzene rings is 2. The zero-order valence-electron chi connectivity index (χ0n) is 9.69. The molecule has 0 bridgehead atoms. The summed E-state index contributed by atoms with van der Waals surface area (Å²) in [5, 5.41) is 9.97. The molecule has 0 unspecified atom stereocenters. The average molecular weight is 243 g/mol. The number of hydrogen-bond acceptors (Lipinski definition) is 2. The van der Waals surface area contributed by atoms with Crippen molar-refractivity contribution in [3.8, 4) is 0 Å². The lowest BCUT2D eigenvalue weighted by Crippen LogP contribution is -2.29. The lowest BCUT2D eigenvalue weighted by Gasteiger charge is -2.18. The van der Waals surface area contributed by atoms with Gasteiger partial charge in [-0.05, 0) is 17.7 Å². The standard InChI is InChI=1S/C14H13NO3/c16-14(17)15(13-9-5-2-6-10-13)18-11-12-7-3-1-4-8-12/h1-10H,11H2,(H,16,17). The summed E-state index contributed by atoms with van der Waals surface area (Å²) in [4.78, 5) is 16.4. The fourth-order valence-electron chi connectivity index (χ4n) is 1.52. The molecule has 4 nitrogen and oxygen atoms in total. The Kier molecular flexibility index (Phi) is 3.94.